The first-order chi connectivity index (χ1) is 8.24. The van der Waals surface area contributed by atoms with E-state index >= 15 is 0 Å². The molecule has 2 unspecified atom stereocenters. The largest absolute Gasteiger partial charge is 0.393 e. The Labute approximate surface area is 104 Å². The maximum atomic E-state index is 11.5. The van der Waals surface area contributed by atoms with Crippen molar-refractivity contribution in [2.24, 2.45) is 5.92 Å². The van der Waals surface area contributed by atoms with E-state index in [1.54, 1.807) is 0 Å². The first kappa shape index (κ1) is 14.1. The van der Waals surface area contributed by atoms with E-state index in [4.69, 9.17) is 6.42 Å². The first-order valence-electron chi connectivity index (χ1n) is 6.62. The van der Waals surface area contributed by atoms with Crippen molar-refractivity contribution in [3.63, 3.8) is 0 Å². The molecule has 2 atom stereocenters. The van der Waals surface area contributed by atoms with Crippen LogP contribution in [-0.2, 0) is 4.79 Å². The molecule has 0 bridgehead atoms. The molecular formula is C14H23NO2. The van der Waals surface area contributed by atoms with Gasteiger partial charge in [0.2, 0.25) is 5.91 Å². The van der Waals surface area contributed by atoms with Crippen molar-refractivity contribution in [3.05, 3.63) is 0 Å². The molecule has 0 radical (unpaired) electrons. The van der Waals surface area contributed by atoms with Crippen LogP contribution in [0.1, 0.15) is 51.4 Å². The van der Waals surface area contributed by atoms with Crippen molar-refractivity contribution < 1.29 is 9.90 Å². The third kappa shape index (κ3) is 5.74. The van der Waals surface area contributed by atoms with E-state index in [9.17, 15) is 9.90 Å². The first-order valence-corrected chi connectivity index (χ1v) is 6.62. The van der Waals surface area contributed by atoms with Gasteiger partial charge < -0.3 is 10.4 Å². The lowest BCUT2D eigenvalue weighted by Gasteiger charge is -2.27. The van der Waals surface area contributed by atoms with Gasteiger partial charge in [-0.15, -0.1) is 12.3 Å². The Hall–Kier alpha value is -1.01. The number of amides is 1. The third-order valence-corrected chi connectivity index (χ3v) is 3.41. The smallest absolute Gasteiger partial charge is 0.220 e. The van der Waals surface area contributed by atoms with Crippen LogP contribution in [0.4, 0.5) is 0 Å². The number of aliphatic hydroxyl groups excluding tert-OH is 1. The van der Waals surface area contributed by atoms with E-state index in [0.29, 0.717) is 13.0 Å². The summed E-state index contributed by atoms with van der Waals surface area (Å²) in [5.74, 6) is 2.90. The van der Waals surface area contributed by atoms with Crippen molar-refractivity contribution in [3.8, 4) is 12.3 Å². The highest BCUT2D eigenvalue weighted by Gasteiger charge is 2.22. The van der Waals surface area contributed by atoms with Gasteiger partial charge in [-0.05, 0) is 25.7 Å². The van der Waals surface area contributed by atoms with Gasteiger partial charge in [-0.25, -0.2) is 0 Å². The molecule has 1 amide bonds. The van der Waals surface area contributed by atoms with Gasteiger partial charge in [-0.2, -0.15) is 0 Å². The molecule has 0 aromatic heterocycles. The number of hydrogen-bond donors (Lipinski definition) is 2. The van der Waals surface area contributed by atoms with Crippen LogP contribution in [0.3, 0.4) is 0 Å². The molecule has 1 rings (SSSR count). The van der Waals surface area contributed by atoms with Gasteiger partial charge in [0.05, 0.1) is 6.10 Å². The average Bonchev–Trinajstić information content (AvgIpc) is 2.34. The summed E-state index contributed by atoms with van der Waals surface area (Å²) in [7, 11) is 0. The van der Waals surface area contributed by atoms with Crippen molar-refractivity contribution in [1.29, 1.82) is 0 Å². The third-order valence-electron chi connectivity index (χ3n) is 3.41. The molecule has 2 N–H and O–H groups in total. The second kappa shape index (κ2) is 8.14. The Bertz CT molecular complexity index is 270. The fourth-order valence-electron chi connectivity index (χ4n) is 2.27. The molecule has 96 valence electrons. The summed E-state index contributed by atoms with van der Waals surface area (Å²) in [4.78, 5) is 11.5. The number of carbonyl (C=O) groups is 1. The fourth-order valence-corrected chi connectivity index (χ4v) is 2.27. The predicted molar refractivity (Wildman–Crippen MR) is 68.3 cm³/mol. The van der Waals surface area contributed by atoms with E-state index in [1.165, 1.54) is 6.42 Å². The molecular weight excluding hydrogens is 214 g/mol. The Balaban J connectivity index is 2.08. The molecule has 0 aromatic rings. The lowest BCUT2D eigenvalue weighted by Crippen LogP contribution is -2.36. The molecule has 0 spiro atoms. The Morgan fingerprint density at radius 3 is 2.82 bits per heavy atom. The summed E-state index contributed by atoms with van der Waals surface area (Å²) < 4.78 is 0. The minimum Gasteiger partial charge on any atom is -0.393 e. The molecule has 3 nitrogen and oxygen atoms in total. The van der Waals surface area contributed by atoms with Crippen LogP contribution in [0.2, 0.25) is 0 Å². The van der Waals surface area contributed by atoms with E-state index in [0.717, 1.165) is 38.5 Å². The lowest BCUT2D eigenvalue weighted by atomic mass is 9.86. The van der Waals surface area contributed by atoms with Crippen LogP contribution >= 0.6 is 0 Å². The van der Waals surface area contributed by atoms with Crippen molar-refractivity contribution >= 4 is 5.91 Å². The maximum Gasteiger partial charge on any atom is 0.220 e. The van der Waals surface area contributed by atoms with Crippen LogP contribution in [0.15, 0.2) is 0 Å². The van der Waals surface area contributed by atoms with Crippen LogP contribution in [0.5, 0.6) is 0 Å². The molecule has 1 saturated carbocycles. The predicted octanol–water partition coefficient (Wildman–Crippen LogP) is 1.85. The molecule has 1 aliphatic rings. The minimum absolute atomic E-state index is 0.0831. The molecule has 1 fully saturated rings. The number of rotatable bonds is 6. The Morgan fingerprint density at radius 2 is 2.12 bits per heavy atom. The quantitative estimate of drug-likeness (QED) is 0.547. The number of hydrogen-bond acceptors (Lipinski definition) is 2. The molecule has 0 heterocycles. The van der Waals surface area contributed by atoms with E-state index < -0.39 is 0 Å². The number of unbranched alkanes of at least 4 members (excludes halogenated alkanes) is 2. The van der Waals surface area contributed by atoms with E-state index in [2.05, 4.69) is 11.2 Å². The molecule has 0 aromatic carbocycles. The monoisotopic (exact) mass is 237 g/mol. The second-order valence-corrected chi connectivity index (χ2v) is 4.83. The van der Waals surface area contributed by atoms with Gasteiger partial charge in [-0.1, -0.05) is 12.8 Å². The van der Waals surface area contributed by atoms with Gasteiger partial charge in [0.1, 0.15) is 0 Å². The van der Waals surface area contributed by atoms with Crippen LogP contribution in [-0.4, -0.2) is 23.7 Å². The summed E-state index contributed by atoms with van der Waals surface area (Å²) in [5.41, 5.74) is 0. The fraction of sp³-hybridized carbons (Fsp3) is 0.786. The SMILES string of the molecule is C#CCCCCC(=O)NCC1CCCCC1O. The lowest BCUT2D eigenvalue weighted by molar-refractivity contribution is -0.121. The highest BCUT2D eigenvalue weighted by Crippen LogP contribution is 2.23. The summed E-state index contributed by atoms with van der Waals surface area (Å²) in [6.07, 6.45) is 12.1. The van der Waals surface area contributed by atoms with Gasteiger partial charge >= 0.3 is 0 Å². The molecule has 1 aliphatic carbocycles. The maximum absolute atomic E-state index is 11.5. The molecule has 3 heteroatoms. The van der Waals surface area contributed by atoms with Crippen LogP contribution < -0.4 is 5.32 Å². The highest BCUT2D eigenvalue weighted by molar-refractivity contribution is 5.75. The van der Waals surface area contributed by atoms with Crippen molar-refractivity contribution in [2.45, 2.75) is 57.5 Å². The molecule has 17 heavy (non-hydrogen) atoms. The summed E-state index contributed by atoms with van der Waals surface area (Å²) in [6.45, 7) is 0.620. The number of aliphatic hydroxyl groups is 1. The summed E-state index contributed by atoms with van der Waals surface area (Å²) in [5, 5.41) is 12.7. The van der Waals surface area contributed by atoms with Gasteiger partial charge in [0.25, 0.3) is 0 Å². The average molecular weight is 237 g/mol. The standard InChI is InChI=1S/C14H23NO2/c1-2-3-4-5-10-14(17)15-11-12-8-6-7-9-13(12)16/h1,12-13,16H,3-11H2,(H,15,17). The second-order valence-electron chi connectivity index (χ2n) is 4.83. The number of carbonyl (C=O) groups excluding carboxylic acids is 1. The van der Waals surface area contributed by atoms with Crippen LogP contribution in [0.25, 0.3) is 0 Å². The summed E-state index contributed by atoms with van der Waals surface area (Å²) >= 11 is 0. The van der Waals surface area contributed by atoms with Gasteiger partial charge in [0.15, 0.2) is 0 Å². The topological polar surface area (TPSA) is 49.3 Å². The molecule has 0 saturated heterocycles. The van der Waals surface area contributed by atoms with Crippen LogP contribution in [0, 0.1) is 18.3 Å². The van der Waals surface area contributed by atoms with Gasteiger partial charge in [0, 0.05) is 25.3 Å². The summed E-state index contributed by atoms with van der Waals surface area (Å²) in [6, 6.07) is 0. The zero-order valence-electron chi connectivity index (χ0n) is 10.5. The number of terminal acetylenes is 1. The minimum atomic E-state index is -0.231. The zero-order valence-corrected chi connectivity index (χ0v) is 10.5. The van der Waals surface area contributed by atoms with E-state index in [1.807, 2.05) is 0 Å². The van der Waals surface area contributed by atoms with Crippen molar-refractivity contribution in [1.82, 2.24) is 5.32 Å². The molecule has 0 aliphatic heterocycles. The normalized spacial score (nSPS) is 24.0. The number of nitrogens with one attached hydrogen (secondary N) is 1. The highest BCUT2D eigenvalue weighted by atomic mass is 16.3. The van der Waals surface area contributed by atoms with Gasteiger partial charge in [-0.3, -0.25) is 4.79 Å². The van der Waals surface area contributed by atoms with Crippen molar-refractivity contribution in [2.75, 3.05) is 6.54 Å². The van der Waals surface area contributed by atoms with E-state index in [-0.39, 0.29) is 17.9 Å². The zero-order chi connectivity index (χ0) is 12.5. The Kier molecular flexibility index (Phi) is 6.73. The Morgan fingerprint density at radius 1 is 1.35 bits per heavy atom.